The maximum Gasteiger partial charge on any atom is 0.104 e. The second-order valence-corrected chi connectivity index (χ2v) is 5.41. The molecule has 0 atom stereocenters. The first-order chi connectivity index (χ1) is 8.01. The van der Waals surface area contributed by atoms with E-state index < -0.39 is 0 Å². The van der Waals surface area contributed by atoms with Gasteiger partial charge >= 0.3 is 0 Å². The van der Waals surface area contributed by atoms with Crippen LogP contribution in [0.15, 0.2) is 22.7 Å². The Morgan fingerprint density at radius 3 is 2.41 bits per heavy atom. The molecule has 2 nitrogen and oxygen atoms in total. The molecule has 0 radical (unpaired) electrons. The number of hydrogen-bond donors (Lipinski definition) is 1. The average Bonchev–Trinajstić information content (AvgIpc) is 2.30. The van der Waals surface area contributed by atoms with Gasteiger partial charge in [-0.1, -0.05) is 26.1 Å². The van der Waals surface area contributed by atoms with E-state index in [0.717, 1.165) is 22.9 Å². The molecule has 1 aromatic carbocycles. The lowest BCUT2D eigenvalue weighted by atomic mass is 10.1. The second kappa shape index (κ2) is 6.36. The van der Waals surface area contributed by atoms with Gasteiger partial charge in [-0.15, -0.1) is 0 Å². The van der Waals surface area contributed by atoms with Crippen molar-refractivity contribution in [2.45, 2.75) is 32.7 Å². The lowest BCUT2D eigenvalue weighted by Gasteiger charge is -2.29. The van der Waals surface area contributed by atoms with Crippen molar-refractivity contribution in [2.24, 2.45) is 5.73 Å². The Labute approximate surface area is 117 Å². The van der Waals surface area contributed by atoms with Crippen molar-refractivity contribution in [3.05, 3.63) is 28.2 Å². The van der Waals surface area contributed by atoms with Gasteiger partial charge in [0, 0.05) is 23.1 Å². The molecule has 94 valence electrons. The molecular weight excluding hydrogens is 296 g/mol. The fourth-order valence-corrected chi connectivity index (χ4v) is 2.76. The number of nitrogens with two attached hydrogens (primary N) is 1. The molecule has 4 heteroatoms. The Morgan fingerprint density at radius 1 is 1.41 bits per heavy atom. The predicted octanol–water partition coefficient (Wildman–Crippen LogP) is 3.71. The second-order valence-electron chi connectivity index (χ2n) is 4.11. The Hall–Kier alpha value is -0.610. The van der Waals surface area contributed by atoms with Crippen molar-refractivity contribution in [1.29, 1.82) is 0 Å². The number of hydrogen-bond acceptors (Lipinski definition) is 2. The SMILES string of the molecule is CCC(CC)N(C)c1ccc(C(N)=S)cc1Br. The molecule has 0 saturated heterocycles. The average molecular weight is 315 g/mol. The van der Waals surface area contributed by atoms with Gasteiger partial charge in [-0.2, -0.15) is 0 Å². The van der Waals surface area contributed by atoms with Crippen LogP contribution in [-0.4, -0.2) is 18.1 Å². The van der Waals surface area contributed by atoms with E-state index in [2.05, 4.69) is 47.8 Å². The zero-order valence-electron chi connectivity index (χ0n) is 10.5. The van der Waals surface area contributed by atoms with Gasteiger partial charge in [0.25, 0.3) is 0 Å². The first-order valence-corrected chi connectivity index (χ1v) is 7.03. The molecule has 0 fully saturated rings. The van der Waals surface area contributed by atoms with E-state index in [4.69, 9.17) is 18.0 Å². The Balaban J connectivity index is 3.03. The maximum atomic E-state index is 5.62. The van der Waals surface area contributed by atoms with Crippen molar-refractivity contribution < 1.29 is 0 Å². The van der Waals surface area contributed by atoms with Crippen LogP contribution in [0.25, 0.3) is 0 Å². The van der Waals surface area contributed by atoms with Crippen LogP contribution in [0.4, 0.5) is 5.69 Å². The highest BCUT2D eigenvalue weighted by Crippen LogP contribution is 2.29. The summed E-state index contributed by atoms with van der Waals surface area (Å²) < 4.78 is 1.04. The number of thiocarbonyl (C=S) groups is 1. The minimum atomic E-state index is 0.433. The first kappa shape index (κ1) is 14.5. The van der Waals surface area contributed by atoms with Crippen molar-refractivity contribution in [3.8, 4) is 0 Å². The minimum absolute atomic E-state index is 0.433. The number of anilines is 1. The molecule has 17 heavy (non-hydrogen) atoms. The van der Waals surface area contributed by atoms with Gasteiger partial charge in [-0.25, -0.2) is 0 Å². The number of rotatable bonds is 5. The zero-order valence-corrected chi connectivity index (χ0v) is 12.9. The van der Waals surface area contributed by atoms with Gasteiger partial charge in [0.15, 0.2) is 0 Å². The predicted molar refractivity (Wildman–Crippen MR) is 82.8 cm³/mol. The Kier molecular flexibility index (Phi) is 5.40. The minimum Gasteiger partial charge on any atom is -0.389 e. The van der Waals surface area contributed by atoms with E-state index >= 15 is 0 Å². The van der Waals surface area contributed by atoms with Crippen molar-refractivity contribution >= 4 is 38.8 Å². The zero-order chi connectivity index (χ0) is 13.0. The summed E-state index contributed by atoms with van der Waals surface area (Å²) in [7, 11) is 2.12. The van der Waals surface area contributed by atoms with Crippen LogP contribution in [-0.2, 0) is 0 Å². The van der Waals surface area contributed by atoms with Crippen LogP contribution < -0.4 is 10.6 Å². The molecule has 1 rings (SSSR count). The maximum absolute atomic E-state index is 5.62. The fraction of sp³-hybridized carbons (Fsp3) is 0.462. The molecule has 0 heterocycles. The molecule has 0 spiro atoms. The summed E-state index contributed by atoms with van der Waals surface area (Å²) in [6.45, 7) is 4.42. The van der Waals surface area contributed by atoms with E-state index in [1.807, 2.05) is 12.1 Å². The molecule has 0 amide bonds. The lowest BCUT2D eigenvalue weighted by molar-refractivity contribution is 0.591. The molecule has 0 aliphatic carbocycles. The van der Waals surface area contributed by atoms with Crippen molar-refractivity contribution in [1.82, 2.24) is 0 Å². The number of nitrogens with zero attached hydrogens (tertiary/aromatic N) is 1. The van der Waals surface area contributed by atoms with Crippen molar-refractivity contribution in [2.75, 3.05) is 11.9 Å². The Bertz CT molecular complexity index is 402. The molecule has 0 saturated carbocycles. The highest BCUT2D eigenvalue weighted by molar-refractivity contribution is 9.10. The van der Waals surface area contributed by atoms with E-state index in [0.29, 0.717) is 11.0 Å². The van der Waals surface area contributed by atoms with Crippen LogP contribution in [0.3, 0.4) is 0 Å². The van der Waals surface area contributed by atoms with E-state index in [1.54, 1.807) is 0 Å². The summed E-state index contributed by atoms with van der Waals surface area (Å²) in [5.41, 5.74) is 7.69. The third-order valence-electron chi connectivity index (χ3n) is 3.10. The monoisotopic (exact) mass is 314 g/mol. The van der Waals surface area contributed by atoms with Crippen LogP contribution in [0.2, 0.25) is 0 Å². The van der Waals surface area contributed by atoms with Crippen LogP contribution in [0.1, 0.15) is 32.3 Å². The molecule has 0 aromatic heterocycles. The third kappa shape index (κ3) is 3.42. The molecular formula is C13H19BrN2S. The van der Waals surface area contributed by atoms with Crippen molar-refractivity contribution in [3.63, 3.8) is 0 Å². The van der Waals surface area contributed by atoms with Crippen LogP contribution in [0.5, 0.6) is 0 Å². The van der Waals surface area contributed by atoms with Gasteiger partial charge in [-0.05, 0) is 47.0 Å². The summed E-state index contributed by atoms with van der Waals surface area (Å²) in [6.07, 6.45) is 2.27. The summed E-state index contributed by atoms with van der Waals surface area (Å²) >= 11 is 8.56. The highest BCUT2D eigenvalue weighted by atomic mass is 79.9. The molecule has 0 bridgehead atoms. The van der Waals surface area contributed by atoms with Gasteiger partial charge in [0.05, 0.1) is 5.69 Å². The topological polar surface area (TPSA) is 29.3 Å². The number of halogens is 1. The van der Waals surface area contributed by atoms with E-state index in [-0.39, 0.29) is 0 Å². The summed E-state index contributed by atoms with van der Waals surface area (Å²) in [6, 6.07) is 6.58. The summed E-state index contributed by atoms with van der Waals surface area (Å²) in [4.78, 5) is 2.73. The van der Waals surface area contributed by atoms with E-state index in [9.17, 15) is 0 Å². The smallest absolute Gasteiger partial charge is 0.104 e. The van der Waals surface area contributed by atoms with Gasteiger partial charge in [-0.3, -0.25) is 0 Å². The standard InChI is InChI=1S/C13H19BrN2S/c1-4-10(5-2)16(3)12-7-6-9(13(15)17)8-11(12)14/h6-8,10H,4-5H2,1-3H3,(H2,15,17). The largest absolute Gasteiger partial charge is 0.389 e. The molecule has 0 aliphatic rings. The van der Waals surface area contributed by atoms with Gasteiger partial charge in [0.1, 0.15) is 4.99 Å². The highest BCUT2D eigenvalue weighted by Gasteiger charge is 2.14. The Morgan fingerprint density at radius 2 is 2.00 bits per heavy atom. The molecule has 2 N–H and O–H groups in total. The lowest BCUT2D eigenvalue weighted by Crippen LogP contribution is -2.30. The fourth-order valence-electron chi connectivity index (χ4n) is 1.98. The first-order valence-electron chi connectivity index (χ1n) is 5.83. The summed E-state index contributed by atoms with van der Waals surface area (Å²) in [5, 5.41) is 0. The summed E-state index contributed by atoms with van der Waals surface area (Å²) in [5.74, 6) is 0. The third-order valence-corrected chi connectivity index (χ3v) is 3.97. The number of benzene rings is 1. The quantitative estimate of drug-likeness (QED) is 0.840. The molecule has 1 aromatic rings. The van der Waals surface area contributed by atoms with Crippen LogP contribution in [0, 0.1) is 0 Å². The van der Waals surface area contributed by atoms with Crippen LogP contribution >= 0.6 is 28.1 Å². The molecule has 0 unspecified atom stereocenters. The van der Waals surface area contributed by atoms with Gasteiger partial charge < -0.3 is 10.6 Å². The molecule has 0 aliphatic heterocycles. The normalized spacial score (nSPS) is 10.6. The van der Waals surface area contributed by atoms with Gasteiger partial charge in [0.2, 0.25) is 0 Å². The van der Waals surface area contributed by atoms with E-state index in [1.165, 1.54) is 5.69 Å².